The molecule has 6 nitrogen and oxygen atoms in total. The number of carbonyl (C=O) groups is 1. The largest absolute Gasteiger partial charge is 0.455 e. The van der Waals surface area contributed by atoms with Crippen molar-refractivity contribution in [3.8, 4) is 11.4 Å². The highest BCUT2D eigenvalue weighted by atomic mass is 16.6. The highest BCUT2D eigenvalue weighted by Gasteiger charge is 2.19. The Morgan fingerprint density at radius 2 is 1.71 bits per heavy atom. The minimum Gasteiger partial charge on any atom is -0.455 e. The number of carbonyl (C=O) groups excluding carboxylic acids is 1. The van der Waals surface area contributed by atoms with Gasteiger partial charge in [0.2, 0.25) is 6.54 Å². The molecule has 122 valence electrons. The van der Waals surface area contributed by atoms with Gasteiger partial charge in [0.1, 0.15) is 11.1 Å². The van der Waals surface area contributed by atoms with Crippen molar-refractivity contribution in [2.45, 2.75) is 32.9 Å². The number of benzene rings is 1. The molecule has 0 spiro atoms. The summed E-state index contributed by atoms with van der Waals surface area (Å²) in [5.41, 5.74) is 1.92. The first kappa shape index (κ1) is 16.0. The first-order chi connectivity index (χ1) is 11.4. The minimum atomic E-state index is -0.484. The van der Waals surface area contributed by atoms with Gasteiger partial charge in [-0.25, -0.2) is 9.78 Å². The Morgan fingerprint density at radius 1 is 1.04 bits per heavy atom. The third kappa shape index (κ3) is 3.90. The summed E-state index contributed by atoms with van der Waals surface area (Å²) in [4.78, 5) is 16.4. The van der Waals surface area contributed by atoms with Gasteiger partial charge >= 0.3 is 5.97 Å². The molecule has 24 heavy (non-hydrogen) atoms. The second-order valence-corrected chi connectivity index (χ2v) is 6.47. The molecule has 2 aromatic heterocycles. The zero-order valence-electron chi connectivity index (χ0n) is 13.9. The molecule has 6 heteroatoms. The Bertz CT molecular complexity index is 870. The summed E-state index contributed by atoms with van der Waals surface area (Å²) in [5.74, 6) is 0.280. The number of hydrogen-bond donors (Lipinski definition) is 0. The van der Waals surface area contributed by atoms with Gasteiger partial charge in [0.15, 0.2) is 18.2 Å². The van der Waals surface area contributed by atoms with Crippen LogP contribution < -0.4 is 4.57 Å². The zero-order chi connectivity index (χ0) is 17.2. The lowest BCUT2D eigenvalue weighted by molar-refractivity contribution is -0.686. The average molecular weight is 323 g/mol. The first-order valence-corrected chi connectivity index (χ1v) is 7.71. The van der Waals surface area contributed by atoms with Crippen LogP contribution in [-0.2, 0) is 16.1 Å². The molecule has 0 N–H and O–H groups in total. The van der Waals surface area contributed by atoms with E-state index in [4.69, 9.17) is 4.74 Å². The fraction of sp³-hybridized carbons (Fsp3) is 0.278. The van der Waals surface area contributed by atoms with Crippen LogP contribution >= 0.6 is 0 Å². The van der Waals surface area contributed by atoms with Gasteiger partial charge in [-0.15, -0.1) is 10.2 Å². The van der Waals surface area contributed by atoms with Crippen LogP contribution in [0.1, 0.15) is 20.8 Å². The Labute approximate surface area is 140 Å². The fourth-order valence-corrected chi connectivity index (χ4v) is 2.24. The maximum Gasteiger partial charge on any atom is 0.373 e. The summed E-state index contributed by atoms with van der Waals surface area (Å²) in [7, 11) is 0. The molecule has 0 saturated heterocycles. The van der Waals surface area contributed by atoms with Crippen LogP contribution in [0, 0.1) is 0 Å². The smallest absolute Gasteiger partial charge is 0.373 e. The molecular weight excluding hydrogens is 304 g/mol. The van der Waals surface area contributed by atoms with Gasteiger partial charge < -0.3 is 4.74 Å². The minimum absolute atomic E-state index is 0.161. The first-order valence-electron chi connectivity index (χ1n) is 7.71. The molecule has 1 aromatic carbocycles. The highest BCUT2D eigenvalue weighted by molar-refractivity contribution is 5.75. The van der Waals surface area contributed by atoms with E-state index in [0.29, 0.717) is 5.82 Å². The number of pyridine rings is 1. The van der Waals surface area contributed by atoms with Crippen LogP contribution in [0.15, 0.2) is 48.8 Å². The van der Waals surface area contributed by atoms with Gasteiger partial charge in [-0.2, -0.15) is 4.57 Å². The molecule has 0 radical (unpaired) electrons. The molecule has 0 amide bonds. The zero-order valence-corrected chi connectivity index (χ0v) is 13.9. The van der Waals surface area contributed by atoms with Crippen molar-refractivity contribution >= 4 is 17.0 Å². The van der Waals surface area contributed by atoms with E-state index >= 15 is 0 Å². The fourth-order valence-electron chi connectivity index (χ4n) is 2.24. The number of aromatic nitrogens is 4. The Hall–Kier alpha value is -2.89. The molecule has 0 aliphatic carbocycles. The Kier molecular flexibility index (Phi) is 4.20. The van der Waals surface area contributed by atoms with Gasteiger partial charge in [-0.3, -0.25) is 0 Å². The molecule has 0 aliphatic heterocycles. The van der Waals surface area contributed by atoms with E-state index < -0.39 is 5.60 Å². The lowest BCUT2D eigenvalue weighted by Crippen LogP contribution is -2.40. The number of fused-ring (bicyclic) bond motifs is 1. The molecule has 0 fully saturated rings. The monoisotopic (exact) mass is 323 g/mol. The third-order valence-corrected chi connectivity index (χ3v) is 3.24. The van der Waals surface area contributed by atoms with Crippen molar-refractivity contribution in [1.29, 1.82) is 0 Å². The number of nitrogens with zero attached hydrogens (tertiary/aromatic N) is 4. The van der Waals surface area contributed by atoms with E-state index in [1.165, 1.54) is 0 Å². The number of ether oxygens (including phenoxy) is 1. The Morgan fingerprint density at radius 3 is 2.38 bits per heavy atom. The normalized spacial score (nSPS) is 11.5. The van der Waals surface area contributed by atoms with Crippen molar-refractivity contribution in [2.75, 3.05) is 0 Å². The second-order valence-electron chi connectivity index (χ2n) is 6.47. The maximum absolute atomic E-state index is 11.9. The molecule has 0 saturated carbocycles. The van der Waals surface area contributed by atoms with E-state index in [9.17, 15) is 4.79 Å². The van der Waals surface area contributed by atoms with Gasteiger partial charge in [0, 0.05) is 17.7 Å². The van der Waals surface area contributed by atoms with E-state index in [1.54, 1.807) is 17.0 Å². The highest BCUT2D eigenvalue weighted by Crippen LogP contribution is 2.15. The van der Waals surface area contributed by atoms with E-state index in [1.807, 2.05) is 57.2 Å². The molecule has 0 aliphatic rings. The van der Waals surface area contributed by atoms with Gasteiger partial charge in [0.25, 0.3) is 0 Å². The summed E-state index contributed by atoms with van der Waals surface area (Å²) in [6.45, 7) is 5.71. The van der Waals surface area contributed by atoms with Gasteiger partial charge in [-0.05, 0) is 32.9 Å². The SMILES string of the molecule is CC(C)(C)OC(=O)C[n+]1ccc(-c2nnc3ccccc3n2)cc1. The summed E-state index contributed by atoms with van der Waals surface area (Å²) in [6, 6.07) is 11.3. The average Bonchev–Trinajstić information content (AvgIpc) is 2.53. The molecule has 3 aromatic rings. The number of esters is 1. The number of hydrogen-bond acceptors (Lipinski definition) is 5. The summed E-state index contributed by atoms with van der Waals surface area (Å²) >= 11 is 0. The van der Waals surface area contributed by atoms with Crippen LogP contribution in [0.3, 0.4) is 0 Å². The van der Waals surface area contributed by atoms with Crippen LogP contribution in [-0.4, -0.2) is 26.8 Å². The number of para-hydroxylation sites is 1. The molecule has 0 bridgehead atoms. The molecule has 2 heterocycles. The molecule has 0 unspecified atom stereocenters. The van der Waals surface area contributed by atoms with Crippen LogP contribution in [0.4, 0.5) is 0 Å². The Balaban J connectivity index is 1.77. The summed E-state index contributed by atoms with van der Waals surface area (Å²) < 4.78 is 7.07. The van der Waals surface area contributed by atoms with Gasteiger partial charge in [-0.1, -0.05) is 12.1 Å². The van der Waals surface area contributed by atoms with Crippen LogP contribution in [0.5, 0.6) is 0 Å². The van der Waals surface area contributed by atoms with Crippen molar-refractivity contribution < 1.29 is 14.1 Å². The summed E-state index contributed by atoms with van der Waals surface area (Å²) in [6.07, 6.45) is 3.61. The molecule has 3 rings (SSSR count). The topological polar surface area (TPSA) is 68.8 Å². The third-order valence-electron chi connectivity index (χ3n) is 3.24. The lowest BCUT2D eigenvalue weighted by Gasteiger charge is -2.18. The molecular formula is C18H19N4O2+. The quantitative estimate of drug-likeness (QED) is 0.546. The lowest BCUT2D eigenvalue weighted by atomic mass is 10.2. The van der Waals surface area contributed by atoms with E-state index in [0.717, 1.165) is 16.6 Å². The predicted octanol–water partition coefficient (Wildman–Crippen LogP) is 2.32. The predicted molar refractivity (Wildman–Crippen MR) is 88.8 cm³/mol. The van der Waals surface area contributed by atoms with E-state index in [2.05, 4.69) is 15.2 Å². The van der Waals surface area contributed by atoms with Crippen molar-refractivity contribution in [1.82, 2.24) is 15.2 Å². The van der Waals surface area contributed by atoms with Gasteiger partial charge in [0.05, 0.1) is 5.52 Å². The maximum atomic E-state index is 11.9. The van der Waals surface area contributed by atoms with E-state index in [-0.39, 0.29) is 12.5 Å². The molecule has 0 atom stereocenters. The van der Waals surface area contributed by atoms with Crippen LogP contribution in [0.25, 0.3) is 22.4 Å². The second kappa shape index (κ2) is 6.31. The van der Waals surface area contributed by atoms with Crippen molar-refractivity contribution in [3.05, 3.63) is 48.8 Å². The summed E-state index contributed by atoms with van der Waals surface area (Å²) in [5, 5.41) is 8.33. The van der Waals surface area contributed by atoms with Crippen molar-refractivity contribution in [3.63, 3.8) is 0 Å². The van der Waals surface area contributed by atoms with Crippen molar-refractivity contribution in [2.24, 2.45) is 0 Å². The number of rotatable bonds is 3. The van der Waals surface area contributed by atoms with Crippen LogP contribution in [0.2, 0.25) is 0 Å². The standard InChI is InChI=1S/C18H19N4O2/c1-18(2,3)24-16(23)12-22-10-8-13(9-11-22)17-19-14-6-4-5-7-15(14)20-21-17/h4-11H,12H2,1-3H3/q+1.